The van der Waals surface area contributed by atoms with E-state index >= 15 is 0 Å². The lowest BCUT2D eigenvalue weighted by Crippen LogP contribution is -2.61. The Labute approximate surface area is 655 Å². The zero-order valence-corrected chi connectivity index (χ0v) is 70.7. The number of carbonyl (C=O) groups excluding carboxylic acids is 6. The molecule has 624 valence electrons. The second-order valence-corrected chi connectivity index (χ2v) is 32.5. The van der Waals surface area contributed by atoms with E-state index in [0.717, 1.165) is 89.9 Å². The topological polar surface area (TPSA) is 170 Å². The third-order valence-electron chi connectivity index (χ3n) is 22.3. The van der Waals surface area contributed by atoms with Crippen LogP contribution in [0.2, 0.25) is 0 Å². The lowest BCUT2D eigenvalue weighted by molar-refractivity contribution is -0.146. The maximum atomic E-state index is 13.5. The van der Waals surface area contributed by atoms with E-state index in [1.807, 2.05) is 0 Å². The largest absolute Gasteiger partial charge is 0.464 e. The van der Waals surface area contributed by atoms with Crippen molar-refractivity contribution in [2.45, 2.75) is 489 Å². The molecule has 0 radical (unpaired) electrons. The maximum Gasteiger partial charge on any atom is 0.305 e. The Kier molecular flexibility index (Phi) is 77.2. The predicted molar refractivity (Wildman–Crippen MR) is 446 cm³/mol. The number of hydrogen-bond acceptors (Lipinski definition) is 12. The molecular weight excluding hydrogens is 1320 g/mol. The van der Waals surface area contributed by atoms with Crippen molar-refractivity contribution in [2.75, 3.05) is 65.7 Å². The predicted octanol–water partition coefficient (Wildman–Crippen LogP) is 25.1. The van der Waals surface area contributed by atoms with Crippen LogP contribution in [-0.4, -0.2) is 123 Å². The highest BCUT2D eigenvalue weighted by atomic mass is 16.5. The molecule has 1 rings (SSSR count). The molecule has 0 aromatic carbocycles. The molecule has 2 unspecified atom stereocenters. The van der Waals surface area contributed by atoms with Gasteiger partial charge >= 0.3 is 23.9 Å². The minimum absolute atomic E-state index is 0.158. The van der Waals surface area contributed by atoms with E-state index in [9.17, 15) is 28.8 Å². The second kappa shape index (κ2) is 81.2. The number of ether oxygens (including phenoxy) is 4. The van der Waals surface area contributed by atoms with Crippen molar-refractivity contribution in [1.29, 1.82) is 0 Å². The van der Waals surface area contributed by atoms with Gasteiger partial charge in [-0.1, -0.05) is 387 Å². The fourth-order valence-corrected chi connectivity index (χ4v) is 15.1. The Balaban J connectivity index is 2.62. The molecule has 1 heterocycles. The summed E-state index contributed by atoms with van der Waals surface area (Å²) in [6, 6.07) is -1.23. The van der Waals surface area contributed by atoms with Gasteiger partial charge in [-0.05, 0) is 77.3 Å². The average Bonchev–Trinajstić information content (AvgIpc) is 0.850. The number of esters is 4. The van der Waals surface area contributed by atoms with Crippen LogP contribution < -0.4 is 10.6 Å². The van der Waals surface area contributed by atoms with E-state index < -0.39 is 12.1 Å². The van der Waals surface area contributed by atoms with Gasteiger partial charge in [-0.2, -0.15) is 0 Å². The first-order valence-corrected chi connectivity index (χ1v) is 46.8. The molecule has 1 aliphatic heterocycles. The molecule has 0 bridgehead atoms. The van der Waals surface area contributed by atoms with Gasteiger partial charge in [0, 0.05) is 51.9 Å². The first kappa shape index (κ1) is 101. The van der Waals surface area contributed by atoms with Gasteiger partial charge < -0.3 is 29.6 Å². The molecular formula is C92H176N4O10. The minimum atomic E-state index is -0.613. The third kappa shape index (κ3) is 71.1. The molecule has 0 saturated carbocycles. The summed E-state index contributed by atoms with van der Waals surface area (Å²) in [6.07, 6.45) is 82.5. The van der Waals surface area contributed by atoms with E-state index in [4.69, 9.17) is 18.9 Å². The summed E-state index contributed by atoms with van der Waals surface area (Å²) in [7, 11) is 0. The van der Waals surface area contributed by atoms with Crippen LogP contribution in [-0.2, 0) is 47.7 Å². The van der Waals surface area contributed by atoms with Gasteiger partial charge in [-0.3, -0.25) is 38.6 Å². The number of piperazine rings is 1. The van der Waals surface area contributed by atoms with Crippen LogP contribution in [0.25, 0.3) is 0 Å². The molecule has 1 fully saturated rings. The van der Waals surface area contributed by atoms with Crippen molar-refractivity contribution in [3.63, 3.8) is 0 Å². The van der Waals surface area contributed by atoms with Crippen LogP contribution in [0.1, 0.15) is 477 Å². The second-order valence-electron chi connectivity index (χ2n) is 32.5. The van der Waals surface area contributed by atoms with Crippen LogP contribution in [0, 0.1) is 0 Å². The summed E-state index contributed by atoms with van der Waals surface area (Å²) in [5.41, 5.74) is 0. The Morgan fingerprint density at radius 3 is 0.557 bits per heavy atom. The quantitative estimate of drug-likeness (QED) is 0.0336. The van der Waals surface area contributed by atoms with Gasteiger partial charge in [0.15, 0.2) is 0 Å². The molecule has 0 aromatic rings. The van der Waals surface area contributed by atoms with E-state index in [1.165, 1.54) is 308 Å². The van der Waals surface area contributed by atoms with E-state index in [-0.39, 0.29) is 62.1 Å². The van der Waals surface area contributed by atoms with Crippen LogP contribution in [0.5, 0.6) is 0 Å². The smallest absolute Gasteiger partial charge is 0.305 e. The van der Waals surface area contributed by atoms with Crippen molar-refractivity contribution in [2.24, 2.45) is 0 Å². The fourth-order valence-electron chi connectivity index (χ4n) is 15.1. The zero-order chi connectivity index (χ0) is 76.6. The third-order valence-corrected chi connectivity index (χ3v) is 22.3. The van der Waals surface area contributed by atoms with Crippen LogP contribution in [0.4, 0.5) is 0 Å². The highest BCUT2D eigenvalue weighted by Gasteiger charge is 2.33. The van der Waals surface area contributed by atoms with E-state index in [0.29, 0.717) is 90.6 Å². The Morgan fingerprint density at radius 2 is 0.387 bits per heavy atom. The van der Waals surface area contributed by atoms with Gasteiger partial charge in [-0.15, -0.1) is 0 Å². The lowest BCUT2D eigenvalue weighted by atomic mass is 10.0. The number of nitrogens with zero attached hydrogens (tertiary/aromatic N) is 2. The summed E-state index contributed by atoms with van der Waals surface area (Å²) in [6.45, 7) is 13.7. The Hall–Kier alpha value is -3.26. The standard InChI is InChI=1S/C92H176N4O10/c1-5-9-13-17-21-25-29-33-37-41-45-49-53-57-61-71-87(97)103-81-77-95(78-82-104-88(98)72-62-58-54-50-46-42-38-34-30-26-22-18-14-10-6-2)75-67-65-69-85-91(101)94-86(92(102)93-85)70-66-68-76-96(79-83-105-89(99)73-63-59-55-51-47-43-39-35-31-27-23-19-15-11-7-3)80-84-106-90(100)74-64-60-56-52-48-44-40-36-32-28-24-20-16-12-8-4/h85-86H,5-84H2,1-4H3,(H,93,102)(H,94,101). The molecule has 2 N–H and O–H groups in total. The molecule has 106 heavy (non-hydrogen) atoms. The summed E-state index contributed by atoms with van der Waals surface area (Å²) in [5, 5.41) is 6.04. The number of rotatable bonds is 86. The van der Waals surface area contributed by atoms with Crippen LogP contribution in [0.3, 0.4) is 0 Å². The lowest BCUT2D eigenvalue weighted by Gasteiger charge is -2.30. The number of amides is 2. The fraction of sp³-hybridized carbons (Fsp3) is 0.935. The summed E-state index contributed by atoms with van der Waals surface area (Å²) >= 11 is 0. The Bertz CT molecular complexity index is 1700. The molecule has 2 atom stereocenters. The molecule has 2 amide bonds. The maximum absolute atomic E-state index is 13.5. The van der Waals surface area contributed by atoms with Crippen molar-refractivity contribution >= 4 is 35.7 Å². The molecule has 0 spiro atoms. The molecule has 0 aliphatic carbocycles. The first-order chi connectivity index (χ1) is 52.1. The number of unbranched alkanes of at least 4 members (excludes halogenated alkanes) is 58. The normalized spacial score (nSPS) is 13.8. The summed E-state index contributed by atoms with van der Waals surface area (Å²) < 4.78 is 23.0. The number of hydrogen-bond donors (Lipinski definition) is 2. The van der Waals surface area contributed by atoms with Gasteiger partial charge in [-0.25, -0.2) is 0 Å². The molecule has 14 nitrogen and oxygen atoms in total. The van der Waals surface area contributed by atoms with Crippen molar-refractivity contribution in [3.05, 3.63) is 0 Å². The Morgan fingerprint density at radius 1 is 0.226 bits per heavy atom. The van der Waals surface area contributed by atoms with Crippen molar-refractivity contribution < 1.29 is 47.7 Å². The summed E-state index contributed by atoms with van der Waals surface area (Å²) in [5.74, 6) is -0.962. The monoisotopic (exact) mass is 1500 g/mol. The van der Waals surface area contributed by atoms with Gasteiger partial charge in [0.05, 0.1) is 0 Å². The zero-order valence-electron chi connectivity index (χ0n) is 70.7. The van der Waals surface area contributed by atoms with Crippen LogP contribution in [0.15, 0.2) is 0 Å². The van der Waals surface area contributed by atoms with Crippen LogP contribution >= 0.6 is 0 Å². The average molecular weight is 1500 g/mol. The highest BCUT2D eigenvalue weighted by molar-refractivity contribution is 5.96. The van der Waals surface area contributed by atoms with E-state index in [1.54, 1.807) is 0 Å². The molecule has 1 saturated heterocycles. The van der Waals surface area contributed by atoms with Gasteiger partial charge in [0.2, 0.25) is 11.8 Å². The van der Waals surface area contributed by atoms with Crippen molar-refractivity contribution in [3.8, 4) is 0 Å². The van der Waals surface area contributed by atoms with Crippen molar-refractivity contribution in [1.82, 2.24) is 20.4 Å². The van der Waals surface area contributed by atoms with Gasteiger partial charge in [0.25, 0.3) is 0 Å². The summed E-state index contributed by atoms with van der Waals surface area (Å²) in [4.78, 5) is 82.7. The van der Waals surface area contributed by atoms with Gasteiger partial charge in [0.1, 0.15) is 38.5 Å². The first-order valence-electron chi connectivity index (χ1n) is 46.8. The molecule has 14 heteroatoms. The molecule has 0 aromatic heterocycles. The highest BCUT2D eigenvalue weighted by Crippen LogP contribution is 2.21. The molecule has 1 aliphatic rings. The SMILES string of the molecule is CCCCCCCCCCCCCCCCCC(=O)OCCN(CCCCC1NC(=O)C(CCCCN(CCOC(=O)CCCCCCCCCCCCCCCCC)CCOC(=O)CCCCCCCCCCCCCCCCC)NC1=O)CCOC(=O)CCCCCCCCCCCCCCCCC. The minimum Gasteiger partial charge on any atom is -0.464 e. The number of nitrogens with one attached hydrogen (secondary N) is 2. The van der Waals surface area contributed by atoms with E-state index in [2.05, 4.69) is 48.1 Å². The number of carbonyl (C=O) groups is 6.